The Morgan fingerprint density at radius 1 is 0.889 bits per heavy atom. The summed E-state index contributed by atoms with van der Waals surface area (Å²) in [5, 5.41) is 14.1. The van der Waals surface area contributed by atoms with Crippen molar-refractivity contribution in [2.24, 2.45) is 0 Å². The van der Waals surface area contributed by atoms with Crippen molar-refractivity contribution in [1.29, 1.82) is 0 Å². The second-order valence-electron chi connectivity index (χ2n) is 9.32. The van der Waals surface area contributed by atoms with E-state index in [1.807, 2.05) is 24.3 Å². The summed E-state index contributed by atoms with van der Waals surface area (Å²) in [5.74, 6) is 2.32. The van der Waals surface area contributed by atoms with Gasteiger partial charge in [0.25, 0.3) is 0 Å². The molecule has 5 rings (SSSR count). The normalized spacial score (nSPS) is 17.8. The number of aromatic hydroxyl groups is 1. The number of halogens is 1. The minimum Gasteiger partial charge on any atom is -0.506 e. The summed E-state index contributed by atoms with van der Waals surface area (Å²) in [6.45, 7) is 6.18. The van der Waals surface area contributed by atoms with Crippen molar-refractivity contribution in [3.8, 4) is 5.75 Å². The van der Waals surface area contributed by atoms with Crippen LogP contribution in [0.1, 0.15) is 25.2 Å². The molecule has 2 N–H and O–H groups in total. The fourth-order valence-corrected chi connectivity index (χ4v) is 5.10. The number of benzene rings is 3. The number of phenolic OH excluding ortho intramolecular Hbond substituents is 1. The second-order valence-corrected chi connectivity index (χ2v) is 9.76. The summed E-state index contributed by atoms with van der Waals surface area (Å²) >= 11 is 6.17. The van der Waals surface area contributed by atoms with Crippen LogP contribution in [0.25, 0.3) is 0 Å². The van der Waals surface area contributed by atoms with Gasteiger partial charge in [-0.05, 0) is 49.7 Å². The third-order valence-corrected chi connectivity index (χ3v) is 6.72. The highest BCUT2D eigenvalue weighted by Crippen LogP contribution is 2.32. The second kappa shape index (κ2) is 10.5. The molecule has 0 bridgehead atoms. The third kappa shape index (κ3) is 5.39. The van der Waals surface area contributed by atoms with Crippen LogP contribution >= 0.6 is 11.6 Å². The van der Waals surface area contributed by atoms with E-state index in [1.165, 1.54) is 5.69 Å². The molecule has 1 saturated heterocycles. The lowest BCUT2D eigenvalue weighted by atomic mass is 10.1. The van der Waals surface area contributed by atoms with Gasteiger partial charge in [0, 0.05) is 48.4 Å². The average molecular weight is 500 g/mol. The van der Waals surface area contributed by atoms with Crippen LogP contribution in [-0.2, 0) is 6.42 Å². The van der Waals surface area contributed by atoms with Gasteiger partial charge in [0.15, 0.2) is 0 Å². The Morgan fingerprint density at radius 2 is 1.56 bits per heavy atom. The highest BCUT2D eigenvalue weighted by Gasteiger charge is 2.30. The summed E-state index contributed by atoms with van der Waals surface area (Å²) in [6, 6.07) is 28.3. The van der Waals surface area contributed by atoms with E-state index in [0.717, 1.165) is 24.5 Å². The van der Waals surface area contributed by atoms with Crippen molar-refractivity contribution in [3.05, 3.63) is 101 Å². The van der Waals surface area contributed by atoms with Crippen molar-refractivity contribution >= 4 is 34.6 Å². The lowest BCUT2D eigenvalue weighted by molar-refractivity contribution is 0.472. The molecule has 6 nitrogen and oxygen atoms in total. The van der Waals surface area contributed by atoms with Gasteiger partial charge in [-0.2, -0.15) is 0 Å². The molecule has 0 spiro atoms. The van der Waals surface area contributed by atoms with E-state index in [-0.39, 0.29) is 5.75 Å². The summed E-state index contributed by atoms with van der Waals surface area (Å²) in [6.07, 6.45) is 0.611. The van der Waals surface area contributed by atoms with E-state index in [0.29, 0.717) is 40.9 Å². The Kier molecular flexibility index (Phi) is 6.96. The molecule has 1 aliphatic heterocycles. The summed E-state index contributed by atoms with van der Waals surface area (Å²) in [5.41, 5.74) is 2.89. The third-order valence-electron chi connectivity index (χ3n) is 6.48. The molecule has 0 radical (unpaired) electrons. The molecule has 0 aliphatic carbocycles. The first-order valence-corrected chi connectivity index (χ1v) is 12.6. The molecule has 0 amide bonds. The maximum atomic E-state index is 10.3. The van der Waals surface area contributed by atoms with Gasteiger partial charge in [-0.3, -0.25) is 0 Å². The van der Waals surface area contributed by atoms with Crippen LogP contribution in [0.4, 0.5) is 23.0 Å². The van der Waals surface area contributed by atoms with Gasteiger partial charge in [-0.15, -0.1) is 0 Å². The number of anilines is 4. The Morgan fingerprint density at radius 3 is 2.25 bits per heavy atom. The Bertz CT molecular complexity index is 1310. The van der Waals surface area contributed by atoms with Crippen LogP contribution in [-0.4, -0.2) is 40.2 Å². The molecule has 184 valence electrons. The number of para-hydroxylation sites is 1. The van der Waals surface area contributed by atoms with Gasteiger partial charge in [-0.1, -0.05) is 60.1 Å². The quantitative estimate of drug-likeness (QED) is 0.305. The standard InChI is InChI=1S/C29H30ClN5O/c1-20-18-34(19-21(2)35(20)24-11-7-4-8-12-24)29-17-28(31-25-16-23(30)13-14-26(25)36)32-27(33-29)15-22-9-5-3-6-10-22/h3-14,16-17,20-21,36H,15,18-19H2,1-2H3,(H,31,32,33). The van der Waals surface area contributed by atoms with Crippen LogP contribution in [0.2, 0.25) is 5.02 Å². The molecule has 1 aliphatic rings. The zero-order valence-electron chi connectivity index (χ0n) is 20.5. The first-order chi connectivity index (χ1) is 17.5. The molecular formula is C29H30ClN5O. The number of nitrogens with zero attached hydrogens (tertiary/aromatic N) is 4. The SMILES string of the molecule is CC1CN(c2cc(Nc3cc(Cl)ccc3O)nc(Cc3ccccc3)n2)CC(C)N1c1ccccc1. The van der Waals surface area contributed by atoms with E-state index in [4.69, 9.17) is 21.6 Å². The molecule has 3 aromatic carbocycles. The predicted molar refractivity (Wildman–Crippen MR) is 148 cm³/mol. The van der Waals surface area contributed by atoms with Crippen molar-refractivity contribution in [2.75, 3.05) is 28.2 Å². The summed E-state index contributed by atoms with van der Waals surface area (Å²) in [7, 11) is 0. The minimum atomic E-state index is 0.114. The Labute approximate surface area is 217 Å². The molecule has 4 aromatic rings. The number of rotatable bonds is 6. The molecule has 1 fully saturated rings. The molecule has 2 heterocycles. The highest BCUT2D eigenvalue weighted by atomic mass is 35.5. The zero-order chi connectivity index (χ0) is 25.1. The van der Waals surface area contributed by atoms with Gasteiger partial charge in [0.1, 0.15) is 23.2 Å². The van der Waals surface area contributed by atoms with Crippen LogP contribution in [0, 0.1) is 0 Å². The number of hydrogen-bond donors (Lipinski definition) is 2. The fraction of sp³-hybridized carbons (Fsp3) is 0.241. The van der Waals surface area contributed by atoms with Crippen molar-refractivity contribution in [2.45, 2.75) is 32.4 Å². The maximum absolute atomic E-state index is 10.3. The van der Waals surface area contributed by atoms with Crippen molar-refractivity contribution in [1.82, 2.24) is 9.97 Å². The molecular weight excluding hydrogens is 470 g/mol. The largest absolute Gasteiger partial charge is 0.506 e. The van der Waals surface area contributed by atoms with Gasteiger partial charge in [0.2, 0.25) is 0 Å². The Balaban J connectivity index is 1.46. The first-order valence-electron chi connectivity index (χ1n) is 12.2. The van der Waals surface area contributed by atoms with Gasteiger partial charge in [-0.25, -0.2) is 9.97 Å². The smallest absolute Gasteiger partial charge is 0.139 e. The predicted octanol–water partition coefficient (Wildman–Crippen LogP) is 6.27. The number of piperazine rings is 1. The molecule has 2 unspecified atom stereocenters. The fourth-order valence-electron chi connectivity index (χ4n) is 4.93. The van der Waals surface area contributed by atoms with E-state index < -0.39 is 0 Å². The van der Waals surface area contributed by atoms with E-state index in [1.54, 1.807) is 18.2 Å². The lowest BCUT2D eigenvalue weighted by Gasteiger charge is -2.46. The topological polar surface area (TPSA) is 64.5 Å². The summed E-state index contributed by atoms with van der Waals surface area (Å²) < 4.78 is 0. The van der Waals surface area contributed by atoms with Gasteiger partial charge >= 0.3 is 0 Å². The molecule has 0 saturated carbocycles. The first kappa shape index (κ1) is 23.9. The van der Waals surface area contributed by atoms with Crippen LogP contribution in [0.5, 0.6) is 5.75 Å². The molecule has 1 aromatic heterocycles. The average Bonchev–Trinajstić information content (AvgIpc) is 2.87. The van der Waals surface area contributed by atoms with Crippen LogP contribution in [0.15, 0.2) is 84.9 Å². The van der Waals surface area contributed by atoms with Gasteiger partial charge < -0.3 is 20.2 Å². The van der Waals surface area contributed by atoms with E-state index >= 15 is 0 Å². The number of aromatic nitrogens is 2. The maximum Gasteiger partial charge on any atom is 0.139 e. The molecule has 7 heteroatoms. The van der Waals surface area contributed by atoms with Crippen molar-refractivity contribution in [3.63, 3.8) is 0 Å². The van der Waals surface area contributed by atoms with Crippen LogP contribution in [0.3, 0.4) is 0 Å². The monoisotopic (exact) mass is 499 g/mol. The van der Waals surface area contributed by atoms with Crippen molar-refractivity contribution < 1.29 is 5.11 Å². The highest BCUT2D eigenvalue weighted by molar-refractivity contribution is 6.31. The number of nitrogens with one attached hydrogen (secondary N) is 1. The Hall–Kier alpha value is -3.77. The van der Waals surface area contributed by atoms with Gasteiger partial charge in [0.05, 0.1) is 5.69 Å². The van der Waals surface area contributed by atoms with Crippen LogP contribution < -0.4 is 15.1 Å². The zero-order valence-corrected chi connectivity index (χ0v) is 21.2. The minimum absolute atomic E-state index is 0.114. The van der Waals surface area contributed by atoms with E-state index in [9.17, 15) is 5.11 Å². The molecule has 2 atom stereocenters. The summed E-state index contributed by atoms with van der Waals surface area (Å²) in [4.78, 5) is 14.6. The van der Waals surface area contributed by atoms with E-state index in [2.05, 4.69) is 71.4 Å². The number of hydrogen-bond acceptors (Lipinski definition) is 6. The molecule has 36 heavy (non-hydrogen) atoms. The number of phenols is 1. The lowest BCUT2D eigenvalue weighted by Crippen LogP contribution is -2.57.